The number of hydrogen-bond donors (Lipinski definition) is 0. The van der Waals surface area contributed by atoms with Crippen molar-refractivity contribution in [2.45, 2.75) is 32.6 Å². The Balaban J connectivity index is 1.69. The summed E-state index contributed by atoms with van der Waals surface area (Å²) in [6.07, 6.45) is 9.89. The first kappa shape index (κ1) is 12.9. The van der Waals surface area contributed by atoms with Crippen molar-refractivity contribution < 1.29 is 9.53 Å². The van der Waals surface area contributed by atoms with Gasteiger partial charge in [-0.3, -0.25) is 9.69 Å². The molecule has 3 aliphatic rings. The number of fused-ring (bicyclic) bond motifs is 2. The van der Waals surface area contributed by atoms with Crippen LogP contribution in [0.15, 0.2) is 23.3 Å². The van der Waals surface area contributed by atoms with Crippen LogP contribution < -0.4 is 0 Å². The van der Waals surface area contributed by atoms with Crippen molar-refractivity contribution in [3.63, 3.8) is 0 Å². The van der Waals surface area contributed by atoms with Gasteiger partial charge in [0.2, 0.25) is 0 Å². The Kier molecular flexibility index (Phi) is 3.74. The van der Waals surface area contributed by atoms with Crippen LogP contribution in [-0.2, 0) is 9.53 Å². The van der Waals surface area contributed by atoms with Gasteiger partial charge in [-0.25, -0.2) is 0 Å². The summed E-state index contributed by atoms with van der Waals surface area (Å²) in [4.78, 5) is 13.6. The van der Waals surface area contributed by atoms with E-state index >= 15 is 0 Å². The zero-order chi connectivity index (χ0) is 13.2. The van der Waals surface area contributed by atoms with E-state index in [4.69, 9.17) is 4.74 Å². The molecule has 2 unspecified atom stereocenters. The van der Waals surface area contributed by atoms with Crippen LogP contribution in [0.1, 0.15) is 32.6 Å². The summed E-state index contributed by atoms with van der Waals surface area (Å²) in [7, 11) is 0. The molecule has 104 valence electrons. The largest absolute Gasteiger partial charge is 0.461 e. The highest BCUT2D eigenvalue weighted by molar-refractivity contribution is 5.66. The molecule has 0 spiro atoms. The van der Waals surface area contributed by atoms with Gasteiger partial charge in [0.05, 0.1) is 0 Å². The summed E-state index contributed by atoms with van der Waals surface area (Å²) in [5, 5.41) is 0. The van der Waals surface area contributed by atoms with E-state index in [9.17, 15) is 4.79 Å². The minimum Gasteiger partial charge on any atom is -0.461 e. The van der Waals surface area contributed by atoms with E-state index in [1.807, 2.05) is 0 Å². The van der Waals surface area contributed by atoms with Gasteiger partial charge in [-0.1, -0.05) is 18.6 Å². The molecule has 1 heterocycles. The summed E-state index contributed by atoms with van der Waals surface area (Å²) in [6.45, 7) is 5.54. The number of esters is 1. The monoisotopic (exact) mass is 261 g/mol. The lowest BCUT2D eigenvalue weighted by Gasteiger charge is -2.29. The molecule has 3 nitrogen and oxygen atoms in total. The fourth-order valence-corrected chi connectivity index (χ4v) is 3.65. The highest BCUT2D eigenvalue weighted by atomic mass is 16.5. The number of ether oxygens (including phenoxy) is 1. The number of nitrogens with zero attached hydrogens (tertiary/aromatic N) is 1. The van der Waals surface area contributed by atoms with E-state index in [0.717, 1.165) is 6.54 Å². The fraction of sp³-hybridized carbons (Fsp3) is 0.688. The third kappa shape index (κ3) is 2.76. The van der Waals surface area contributed by atoms with E-state index in [2.05, 4.69) is 17.1 Å². The van der Waals surface area contributed by atoms with Gasteiger partial charge in [0.15, 0.2) is 0 Å². The van der Waals surface area contributed by atoms with Gasteiger partial charge in [-0.2, -0.15) is 0 Å². The van der Waals surface area contributed by atoms with Crippen LogP contribution >= 0.6 is 0 Å². The van der Waals surface area contributed by atoms with Crippen LogP contribution in [0.3, 0.4) is 0 Å². The third-order valence-corrected chi connectivity index (χ3v) is 4.66. The molecule has 0 amide bonds. The highest BCUT2D eigenvalue weighted by Gasteiger charge is 2.35. The lowest BCUT2D eigenvalue weighted by molar-refractivity contribution is -0.140. The Labute approximate surface area is 115 Å². The van der Waals surface area contributed by atoms with Crippen LogP contribution in [0, 0.1) is 11.8 Å². The number of likely N-dealkylation sites (tertiary alicyclic amines) is 1. The average molecular weight is 261 g/mol. The third-order valence-electron chi connectivity index (χ3n) is 4.66. The lowest BCUT2D eigenvalue weighted by atomic mass is 9.96. The minimum atomic E-state index is -0.170. The molecule has 0 aromatic rings. The number of allylic oxidation sites excluding steroid dienone is 2. The van der Waals surface area contributed by atoms with Crippen molar-refractivity contribution in [3.05, 3.63) is 23.3 Å². The molecular weight excluding hydrogens is 238 g/mol. The maximum Gasteiger partial charge on any atom is 0.302 e. The zero-order valence-corrected chi connectivity index (χ0v) is 11.7. The van der Waals surface area contributed by atoms with Crippen molar-refractivity contribution in [2.75, 3.05) is 26.2 Å². The molecule has 2 atom stereocenters. The standard InChI is InChI=1S/C16H23NO2/c1-12(18)19-11-16-14-6-5-13(9-14)15(16)10-17-7-3-2-4-8-17/h5-6,13-14H,2-4,7-11H2,1H3. The van der Waals surface area contributed by atoms with Crippen LogP contribution in [0.4, 0.5) is 0 Å². The first-order valence-electron chi connectivity index (χ1n) is 7.50. The van der Waals surface area contributed by atoms with E-state index < -0.39 is 0 Å². The van der Waals surface area contributed by atoms with Crippen molar-refractivity contribution in [1.29, 1.82) is 0 Å². The Morgan fingerprint density at radius 1 is 1.21 bits per heavy atom. The SMILES string of the molecule is CC(=O)OCC1=C(CN2CCCCC2)C2C=CC1C2. The van der Waals surface area contributed by atoms with Crippen LogP contribution in [0.2, 0.25) is 0 Å². The van der Waals surface area contributed by atoms with Crippen molar-refractivity contribution in [1.82, 2.24) is 4.90 Å². The molecule has 0 N–H and O–H groups in total. The first-order chi connectivity index (χ1) is 9.24. The van der Waals surface area contributed by atoms with Gasteiger partial charge in [-0.15, -0.1) is 0 Å². The average Bonchev–Trinajstić information content (AvgIpc) is 2.99. The van der Waals surface area contributed by atoms with Gasteiger partial charge >= 0.3 is 5.97 Å². The van der Waals surface area contributed by atoms with Crippen LogP contribution in [-0.4, -0.2) is 37.1 Å². The van der Waals surface area contributed by atoms with Crippen molar-refractivity contribution in [2.24, 2.45) is 11.8 Å². The Bertz CT molecular complexity index is 418. The molecule has 19 heavy (non-hydrogen) atoms. The van der Waals surface area contributed by atoms with Gasteiger partial charge in [0.1, 0.15) is 6.61 Å². The molecule has 1 saturated heterocycles. The molecule has 1 aliphatic heterocycles. The fourth-order valence-electron chi connectivity index (χ4n) is 3.65. The smallest absolute Gasteiger partial charge is 0.302 e. The second kappa shape index (κ2) is 5.49. The summed E-state index contributed by atoms with van der Waals surface area (Å²) >= 11 is 0. The van der Waals surface area contributed by atoms with E-state index in [0.29, 0.717) is 18.4 Å². The summed E-state index contributed by atoms with van der Waals surface area (Å²) < 4.78 is 5.25. The molecule has 0 aromatic heterocycles. The van der Waals surface area contributed by atoms with Crippen LogP contribution in [0.25, 0.3) is 0 Å². The molecule has 0 aromatic carbocycles. The molecule has 3 rings (SSSR count). The van der Waals surface area contributed by atoms with Crippen molar-refractivity contribution in [3.8, 4) is 0 Å². The molecular formula is C16H23NO2. The second-order valence-electron chi connectivity index (χ2n) is 6.00. The molecule has 0 radical (unpaired) electrons. The normalized spacial score (nSPS) is 30.2. The topological polar surface area (TPSA) is 29.5 Å². The van der Waals surface area contributed by atoms with Gasteiger partial charge < -0.3 is 4.74 Å². The quantitative estimate of drug-likeness (QED) is 0.575. The molecule has 2 aliphatic carbocycles. The number of hydrogen-bond acceptors (Lipinski definition) is 3. The highest BCUT2D eigenvalue weighted by Crippen LogP contribution is 2.44. The first-order valence-corrected chi connectivity index (χ1v) is 7.50. The van der Waals surface area contributed by atoms with E-state index in [1.54, 1.807) is 0 Å². The molecule has 2 bridgehead atoms. The number of carbonyl (C=O) groups is 1. The number of carbonyl (C=O) groups excluding carboxylic acids is 1. The van der Waals surface area contributed by atoms with Crippen LogP contribution in [0.5, 0.6) is 0 Å². The molecule has 1 fully saturated rings. The number of piperidine rings is 1. The van der Waals surface area contributed by atoms with E-state index in [-0.39, 0.29) is 5.97 Å². The summed E-state index contributed by atoms with van der Waals surface area (Å²) in [6, 6.07) is 0. The van der Waals surface area contributed by atoms with Crippen molar-refractivity contribution >= 4 is 5.97 Å². The van der Waals surface area contributed by atoms with Gasteiger partial charge in [-0.05, 0) is 43.5 Å². The Morgan fingerprint density at radius 3 is 2.58 bits per heavy atom. The molecule has 3 heteroatoms. The maximum atomic E-state index is 11.0. The number of rotatable bonds is 4. The summed E-state index contributed by atoms with van der Waals surface area (Å²) in [5.41, 5.74) is 2.92. The minimum absolute atomic E-state index is 0.170. The van der Waals surface area contributed by atoms with Gasteiger partial charge in [0, 0.05) is 25.3 Å². The second-order valence-corrected chi connectivity index (χ2v) is 6.00. The molecule has 0 saturated carbocycles. The Morgan fingerprint density at radius 2 is 1.89 bits per heavy atom. The Hall–Kier alpha value is -1.09. The summed E-state index contributed by atoms with van der Waals surface area (Å²) in [5.74, 6) is 0.971. The predicted molar refractivity (Wildman–Crippen MR) is 74.7 cm³/mol. The zero-order valence-electron chi connectivity index (χ0n) is 11.7. The van der Waals surface area contributed by atoms with E-state index in [1.165, 1.54) is 56.8 Å². The van der Waals surface area contributed by atoms with Gasteiger partial charge in [0.25, 0.3) is 0 Å². The predicted octanol–water partition coefficient (Wildman–Crippen LogP) is 2.54. The lowest BCUT2D eigenvalue weighted by Crippen LogP contribution is -2.32. The maximum absolute atomic E-state index is 11.0.